The molecule has 0 atom stereocenters. The van der Waals surface area contributed by atoms with Crippen LogP contribution in [0.4, 0.5) is 17.3 Å². The molecule has 0 aliphatic carbocycles. The topological polar surface area (TPSA) is 105 Å². The number of aromatic amines is 1. The van der Waals surface area contributed by atoms with Crippen LogP contribution in [0, 0.1) is 0 Å². The Morgan fingerprint density at radius 3 is 3.03 bits per heavy atom. The van der Waals surface area contributed by atoms with Gasteiger partial charge in [-0.15, -0.1) is 0 Å². The van der Waals surface area contributed by atoms with E-state index in [0.29, 0.717) is 25.6 Å². The molecule has 0 spiro atoms. The first-order chi connectivity index (χ1) is 14.7. The first kappa shape index (κ1) is 18.3. The molecular weight excluding hydrogens is 384 g/mol. The third-order valence-corrected chi connectivity index (χ3v) is 5.08. The molecule has 0 radical (unpaired) electrons. The maximum atomic E-state index is 12.2. The smallest absolute Gasteiger partial charge is 0.253 e. The van der Waals surface area contributed by atoms with Crippen molar-refractivity contribution in [3.05, 3.63) is 54.6 Å². The Morgan fingerprint density at radius 1 is 1.27 bits per heavy atom. The number of carbonyl (C=O) groups is 1. The standard InChI is InChI=1S/C20H20N8O2/c1-26(17-10-22-23-11-17)20-21-8-15-9-24-28(19(15)25-20)12-14-3-2-4-16(7-14)27-5-6-30-13-18(27)29/h2-4,7-11H,5-6,12-13H2,1H3,(H,22,23). The van der Waals surface area contributed by atoms with Crippen LogP contribution < -0.4 is 9.80 Å². The normalized spacial score (nSPS) is 14.4. The third-order valence-electron chi connectivity index (χ3n) is 5.08. The summed E-state index contributed by atoms with van der Waals surface area (Å²) in [6.45, 7) is 1.76. The Balaban J connectivity index is 1.43. The summed E-state index contributed by atoms with van der Waals surface area (Å²) < 4.78 is 7.06. The van der Waals surface area contributed by atoms with Crippen molar-refractivity contribution >= 4 is 34.3 Å². The molecule has 5 rings (SSSR count). The Hall–Kier alpha value is -3.79. The summed E-state index contributed by atoms with van der Waals surface area (Å²) in [4.78, 5) is 24.9. The van der Waals surface area contributed by atoms with Gasteiger partial charge in [-0.3, -0.25) is 9.89 Å². The molecule has 1 amide bonds. The van der Waals surface area contributed by atoms with Crippen LogP contribution >= 0.6 is 0 Å². The fourth-order valence-electron chi connectivity index (χ4n) is 3.46. The van der Waals surface area contributed by atoms with Gasteiger partial charge in [-0.1, -0.05) is 12.1 Å². The van der Waals surface area contributed by atoms with Gasteiger partial charge in [0.25, 0.3) is 5.91 Å². The number of benzene rings is 1. The van der Waals surface area contributed by atoms with Crippen molar-refractivity contribution in [2.75, 3.05) is 36.6 Å². The summed E-state index contributed by atoms with van der Waals surface area (Å²) in [5.41, 5.74) is 3.50. The minimum Gasteiger partial charge on any atom is -0.370 e. The minimum atomic E-state index is -0.0254. The predicted molar refractivity (Wildman–Crippen MR) is 111 cm³/mol. The summed E-state index contributed by atoms with van der Waals surface area (Å²) in [6.07, 6.45) is 7.01. The number of nitrogens with zero attached hydrogens (tertiary/aromatic N) is 7. The van der Waals surface area contributed by atoms with Crippen molar-refractivity contribution in [2.45, 2.75) is 6.54 Å². The molecule has 0 unspecified atom stereocenters. The van der Waals surface area contributed by atoms with Crippen molar-refractivity contribution in [3.8, 4) is 0 Å². The number of hydrogen-bond acceptors (Lipinski definition) is 7. The largest absolute Gasteiger partial charge is 0.370 e. The highest BCUT2D eigenvalue weighted by molar-refractivity contribution is 5.94. The average molecular weight is 404 g/mol. The van der Waals surface area contributed by atoms with Gasteiger partial charge in [0.1, 0.15) is 6.61 Å². The van der Waals surface area contributed by atoms with E-state index in [1.54, 1.807) is 29.7 Å². The highest BCUT2D eigenvalue weighted by atomic mass is 16.5. The van der Waals surface area contributed by atoms with Crippen molar-refractivity contribution in [2.24, 2.45) is 0 Å². The van der Waals surface area contributed by atoms with E-state index in [1.807, 2.05) is 40.9 Å². The van der Waals surface area contributed by atoms with Crippen LogP contribution in [-0.4, -0.2) is 62.7 Å². The molecule has 1 aliphatic heterocycles. The van der Waals surface area contributed by atoms with Crippen LogP contribution in [-0.2, 0) is 16.1 Å². The van der Waals surface area contributed by atoms with Gasteiger partial charge in [-0.05, 0) is 17.7 Å². The lowest BCUT2D eigenvalue weighted by Gasteiger charge is -2.27. The number of nitrogens with one attached hydrogen (secondary N) is 1. The molecule has 4 aromatic rings. The fraction of sp³-hybridized carbons (Fsp3) is 0.250. The molecule has 1 aromatic carbocycles. The molecule has 152 valence electrons. The van der Waals surface area contributed by atoms with E-state index in [0.717, 1.165) is 28.0 Å². The van der Waals surface area contributed by atoms with Crippen LogP contribution in [0.25, 0.3) is 11.0 Å². The van der Waals surface area contributed by atoms with Gasteiger partial charge >= 0.3 is 0 Å². The molecule has 0 saturated carbocycles. The van der Waals surface area contributed by atoms with E-state index in [9.17, 15) is 4.79 Å². The molecule has 30 heavy (non-hydrogen) atoms. The number of ether oxygens (including phenoxy) is 1. The molecule has 1 saturated heterocycles. The second-order valence-electron chi connectivity index (χ2n) is 7.03. The van der Waals surface area contributed by atoms with E-state index in [-0.39, 0.29) is 12.5 Å². The fourth-order valence-corrected chi connectivity index (χ4v) is 3.46. The van der Waals surface area contributed by atoms with Gasteiger partial charge in [0.15, 0.2) is 5.65 Å². The molecule has 0 bridgehead atoms. The summed E-state index contributed by atoms with van der Waals surface area (Å²) >= 11 is 0. The van der Waals surface area contributed by atoms with Crippen molar-refractivity contribution in [1.29, 1.82) is 0 Å². The Kier molecular flexibility index (Phi) is 4.60. The number of H-pyrrole nitrogens is 1. The average Bonchev–Trinajstić information content (AvgIpc) is 3.44. The maximum absolute atomic E-state index is 12.2. The molecular formula is C20H20N8O2. The summed E-state index contributed by atoms with van der Waals surface area (Å²) in [5.74, 6) is 0.529. The van der Waals surface area contributed by atoms with Crippen molar-refractivity contribution in [1.82, 2.24) is 29.9 Å². The molecule has 4 heterocycles. The number of rotatable bonds is 5. The third kappa shape index (κ3) is 3.37. The van der Waals surface area contributed by atoms with E-state index in [2.05, 4.69) is 20.3 Å². The van der Waals surface area contributed by atoms with Gasteiger partial charge < -0.3 is 14.5 Å². The van der Waals surface area contributed by atoms with Crippen LogP contribution in [0.3, 0.4) is 0 Å². The summed E-state index contributed by atoms with van der Waals surface area (Å²) in [6, 6.07) is 7.92. The number of anilines is 3. The number of carbonyl (C=O) groups excluding carboxylic acids is 1. The number of amides is 1. The van der Waals surface area contributed by atoms with E-state index in [4.69, 9.17) is 9.72 Å². The number of aromatic nitrogens is 6. The second-order valence-corrected chi connectivity index (χ2v) is 7.03. The van der Waals surface area contributed by atoms with Crippen LogP contribution in [0.2, 0.25) is 0 Å². The molecule has 1 fully saturated rings. The number of fused-ring (bicyclic) bond motifs is 1. The lowest BCUT2D eigenvalue weighted by Crippen LogP contribution is -2.41. The first-order valence-electron chi connectivity index (χ1n) is 9.57. The quantitative estimate of drug-likeness (QED) is 0.540. The van der Waals surface area contributed by atoms with Gasteiger partial charge in [-0.2, -0.15) is 15.2 Å². The lowest BCUT2D eigenvalue weighted by molar-refractivity contribution is -0.125. The summed E-state index contributed by atoms with van der Waals surface area (Å²) in [7, 11) is 1.88. The van der Waals surface area contributed by atoms with E-state index >= 15 is 0 Å². The molecule has 10 nitrogen and oxygen atoms in total. The lowest BCUT2D eigenvalue weighted by atomic mass is 10.1. The summed E-state index contributed by atoms with van der Waals surface area (Å²) in [5, 5.41) is 12.1. The number of hydrogen-bond donors (Lipinski definition) is 1. The van der Waals surface area contributed by atoms with Crippen molar-refractivity contribution in [3.63, 3.8) is 0 Å². The minimum absolute atomic E-state index is 0.0254. The zero-order chi connectivity index (χ0) is 20.5. The van der Waals surface area contributed by atoms with Gasteiger partial charge in [0, 0.05) is 31.7 Å². The zero-order valence-corrected chi connectivity index (χ0v) is 16.4. The first-order valence-corrected chi connectivity index (χ1v) is 9.57. The molecule has 1 aliphatic rings. The van der Waals surface area contributed by atoms with Gasteiger partial charge in [0.05, 0.1) is 36.6 Å². The van der Waals surface area contributed by atoms with E-state index < -0.39 is 0 Å². The Bertz CT molecular complexity index is 1190. The molecule has 10 heteroatoms. The van der Waals surface area contributed by atoms with Crippen molar-refractivity contribution < 1.29 is 9.53 Å². The highest BCUT2D eigenvalue weighted by Gasteiger charge is 2.20. The Labute approximate surface area is 172 Å². The zero-order valence-electron chi connectivity index (χ0n) is 16.4. The van der Waals surface area contributed by atoms with Crippen LogP contribution in [0.1, 0.15) is 5.56 Å². The highest BCUT2D eigenvalue weighted by Crippen LogP contribution is 2.22. The van der Waals surface area contributed by atoms with Crippen LogP contribution in [0.15, 0.2) is 49.1 Å². The van der Waals surface area contributed by atoms with Gasteiger partial charge in [-0.25, -0.2) is 9.67 Å². The predicted octanol–water partition coefficient (Wildman–Crippen LogP) is 1.73. The molecule has 3 aromatic heterocycles. The monoisotopic (exact) mass is 404 g/mol. The van der Waals surface area contributed by atoms with Gasteiger partial charge in [0.2, 0.25) is 5.95 Å². The second kappa shape index (κ2) is 7.56. The number of morpholine rings is 1. The maximum Gasteiger partial charge on any atom is 0.253 e. The Morgan fingerprint density at radius 2 is 2.20 bits per heavy atom. The van der Waals surface area contributed by atoms with Crippen LogP contribution in [0.5, 0.6) is 0 Å². The SMILES string of the molecule is CN(c1cn[nH]c1)c1ncc2cnn(Cc3cccc(N4CCOCC4=O)c3)c2n1. The molecule has 1 N–H and O–H groups in total. The van der Waals surface area contributed by atoms with E-state index in [1.165, 1.54) is 0 Å².